The van der Waals surface area contributed by atoms with Gasteiger partial charge in [-0.1, -0.05) is 6.07 Å². The maximum Gasteiger partial charge on any atom is 0.416 e. The van der Waals surface area contributed by atoms with E-state index in [0.717, 1.165) is 37.5 Å². The molecule has 0 unspecified atom stereocenters. The highest BCUT2D eigenvalue weighted by molar-refractivity contribution is 5.42. The molecule has 23 heavy (non-hydrogen) atoms. The molecule has 0 radical (unpaired) electrons. The van der Waals surface area contributed by atoms with Crippen molar-refractivity contribution in [1.29, 1.82) is 0 Å². The summed E-state index contributed by atoms with van der Waals surface area (Å²) in [5.41, 5.74) is 0.344. The standard InChI is InChI=1S/C16H17F3N4/c17-16(18,19)13-4-6-21-15(11-13)23-9-7-22(8-10-23)12-14-3-1-2-5-20-14/h1-6,11H,7-10,12H2. The minimum absolute atomic E-state index is 0.386. The summed E-state index contributed by atoms with van der Waals surface area (Å²) in [7, 11) is 0. The summed E-state index contributed by atoms with van der Waals surface area (Å²) in [6, 6.07) is 7.92. The monoisotopic (exact) mass is 322 g/mol. The molecule has 3 rings (SSSR count). The number of anilines is 1. The molecular formula is C16H17F3N4. The van der Waals surface area contributed by atoms with Crippen molar-refractivity contribution in [2.75, 3.05) is 31.1 Å². The van der Waals surface area contributed by atoms with Gasteiger partial charge < -0.3 is 4.90 Å². The highest BCUT2D eigenvalue weighted by Crippen LogP contribution is 2.30. The molecule has 0 bridgehead atoms. The Morgan fingerprint density at radius 2 is 1.74 bits per heavy atom. The van der Waals surface area contributed by atoms with E-state index < -0.39 is 11.7 Å². The van der Waals surface area contributed by atoms with Crippen LogP contribution >= 0.6 is 0 Å². The molecule has 0 amide bonds. The van der Waals surface area contributed by atoms with Gasteiger partial charge >= 0.3 is 6.18 Å². The number of pyridine rings is 2. The molecular weight excluding hydrogens is 305 g/mol. The molecule has 1 aliphatic heterocycles. The van der Waals surface area contributed by atoms with Crippen LogP contribution in [0.5, 0.6) is 0 Å². The fourth-order valence-corrected chi connectivity index (χ4v) is 2.62. The molecule has 2 aromatic rings. The first-order valence-corrected chi connectivity index (χ1v) is 7.43. The molecule has 3 heterocycles. The minimum Gasteiger partial charge on any atom is -0.354 e. The zero-order chi connectivity index (χ0) is 16.3. The van der Waals surface area contributed by atoms with E-state index in [1.54, 1.807) is 6.20 Å². The van der Waals surface area contributed by atoms with Crippen molar-refractivity contribution in [3.63, 3.8) is 0 Å². The average Bonchev–Trinajstić information content (AvgIpc) is 2.56. The Labute approximate surface area is 132 Å². The number of hydrogen-bond donors (Lipinski definition) is 0. The molecule has 0 aromatic carbocycles. The van der Waals surface area contributed by atoms with Gasteiger partial charge in [0.05, 0.1) is 11.3 Å². The molecule has 122 valence electrons. The van der Waals surface area contributed by atoms with E-state index in [4.69, 9.17) is 0 Å². The summed E-state index contributed by atoms with van der Waals surface area (Å²) in [6.45, 7) is 3.61. The van der Waals surface area contributed by atoms with Crippen molar-refractivity contribution in [3.05, 3.63) is 54.0 Å². The molecule has 1 aliphatic rings. The predicted molar refractivity (Wildman–Crippen MR) is 81.0 cm³/mol. The fourth-order valence-electron chi connectivity index (χ4n) is 2.62. The molecule has 0 atom stereocenters. The van der Waals surface area contributed by atoms with Crippen molar-refractivity contribution in [3.8, 4) is 0 Å². The van der Waals surface area contributed by atoms with Crippen molar-refractivity contribution < 1.29 is 13.2 Å². The number of aromatic nitrogens is 2. The molecule has 7 heteroatoms. The number of rotatable bonds is 3. The van der Waals surface area contributed by atoms with Crippen LogP contribution in [0.25, 0.3) is 0 Å². The van der Waals surface area contributed by atoms with Crippen molar-refractivity contribution in [2.24, 2.45) is 0 Å². The van der Waals surface area contributed by atoms with E-state index >= 15 is 0 Å². The fraction of sp³-hybridized carbons (Fsp3) is 0.375. The molecule has 1 saturated heterocycles. The number of hydrogen-bond acceptors (Lipinski definition) is 4. The van der Waals surface area contributed by atoms with Crippen molar-refractivity contribution in [2.45, 2.75) is 12.7 Å². The first-order chi connectivity index (χ1) is 11.0. The lowest BCUT2D eigenvalue weighted by Crippen LogP contribution is -2.46. The number of nitrogens with zero attached hydrogens (tertiary/aromatic N) is 4. The van der Waals surface area contributed by atoms with Crippen LogP contribution in [0.15, 0.2) is 42.7 Å². The zero-order valence-corrected chi connectivity index (χ0v) is 12.5. The summed E-state index contributed by atoms with van der Waals surface area (Å²) in [6.07, 6.45) is -1.35. The van der Waals surface area contributed by atoms with Gasteiger partial charge in [-0.3, -0.25) is 9.88 Å². The van der Waals surface area contributed by atoms with E-state index in [-0.39, 0.29) is 0 Å². The van der Waals surface area contributed by atoms with Crippen LogP contribution in [-0.4, -0.2) is 41.0 Å². The van der Waals surface area contributed by atoms with E-state index in [9.17, 15) is 13.2 Å². The van der Waals surface area contributed by atoms with E-state index in [1.165, 1.54) is 6.20 Å². The van der Waals surface area contributed by atoms with Gasteiger partial charge in [0.15, 0.2) is 0 Å². The molecule has 0 N–H and O–H groups in total. The van der Waals surface area contributed by atoms with Gasteiger partial charge in [-0.05, 0) is 24.3 Å². The third kappa shape index (κ3) is 3.98. The maximum atomic E-state index is 12.8. The molecule has 2 aromatic heterocycles. The minimum atomic E-state index is -4.33. The van der Waals surface area contributed by atoms with Gasteiger partial charge in [0.25, 0.3) is 0 Å². The summed E-state index contributed by atoms with van der Waals surface area (Å²) in [5, 5.41) is 0. The quantitative estimate of drug-likeness (QED) is 0.870. The summed E-state index contributed by atoms with van der Waals surface area (Å²) >= 11 is 0. The van der Waals surface area contributed by atoms with Crippen LogP contribution in [-0.2, 0) is 12.7 Å². The smallest absolute Gasteiger partial charge is 0.354 e. The van der Waals surface area contributed by atoms with Crippen LogP contribution < -0.4 is 4.90 Å². The first kappa shape index (κ1) is 15.7. The van der Waals surface area contributed by atoms with E-state index in [0.29, 0.717) is 18.9 Å². The van der Waals surface area contributed by atoms with Gasteiger partial charge in [0.1, 0.15) is 5.82 Å². The first-order valence-electron chi connectivity index (χ1n) is 7.43. The number of halogens is 3. The third-order valence-corrected chi connectivity index (χ3v) is 3.88. The summed E-state index contributed by atoms with van der Waals surface area (Å²) < 4.78 is 38.3. The highest BCUT2D eigenvalue weighted by atomic mass is 19.4. The topological polar surface area (TPSA) is 32.3 Å². The Bertz CT molecular complexity index is 637. The Kier molecular flexibility index (Phi) is 4.47. The number of alkyl halides is 3. The van der Waals surface area contributed by atoms with Gasteiger partial charge in [-0.25, -0.2) is 4.98 Å². The van der Waals surface area contributed by atoms with Gasteiger partial charge in [0.2, 0.25) is 0 Å². The summed E-state index contributed by atoms with van der Waals surface area (Å²) in [5.74, 6) is 0.386. The molecule has 1 fully saturated rings. The Hall–Kier alpha value is -2.15. The second-order valence-electron chi connectivity index (χ2n) is 5.48. The second kappa shape index (κ2) is 6.54. The highest BCUT2D eigenvalue weighted by Gasteiger charge is 2.31. The summed E-state index contributed by atoms with van der Waals surface area (Å²) in [4.78, 5) is 12.5. The molecule has 4 nitrogen and oxygen atoms in total. The molecule has 0 spiro atoms. The van der Waals surface area contributed by atoms with Crippen LogP contribution in [0.4, 0.5) is 19.0 Å². The average molecular weight is 322 g/mol. The van der Waals surface area contributed by atoms with Gasteiger partial charge in [0, 0.05) is 45.1 Å². The SMILES string of the molecule is FC(F)(F)c1ccnc(N2CCN(Cc3ccccn3)CC2)c1. The Morgan fingerprint density at radius 3 is 2.39 bits per heavy atom. The van der Waals surface area contributed by atoms with Crippen LogP contribution in [0, 0.1) is 0 Å². The van der Waals surface area contributed by atoms with E-state index in [2.05, 4.69) is 14.9 Å². The number of piperazine rings is 1. The second-order valence-corrected chi connectivity index (χ2v) is 5.48. The van der Waals surface area contributed by atoms with Crippen molar-refractivity contribution >= 4 is 5.82 Å². The van der Waals surface area contributed by atoms with Crippen LogP contribution in [0.3, 0.4) is 0 Å². The van der Waals surface area contributed by atoms with Crippen molar-refractivity contribution in [1.82, 2.24) is 14.9 Å². The van der Waals surface area contributed by atoms with Crippen LogP contribution in [0.1, 0.15) is 11.3 Å². The van der Waals surface area contributed by atoms with E-state index in [1.807, 2.05) is 23.1 Å². The predicted octanol–water partition coefficient (Wildman–Crippen LogP) is 2.82. The van der Waals surface area contributed by atoms with Crippen LogP contribution in [0.2, 0.25) is 0 Å². The Morgan fingerprint density at radius 1 is 0.957 bits per heavy atom. The molecule has 0 aliphatic carbocycles. The normalized spacial score (nSPS) is 16.6. The lowest BCUT2D eigenvalue weighted by atomic mass is 10.2. The largest absolute Gasteiger partial charge is 0.416 e. The van der Waals surface area contributed by atoms with Gasteiger partial charge in [-0.15, -0.1) is 0 Å². The third-order valence-electron chi connectivity index (χ3n) is 3.88. The molecule has 0 saturated carbocycles. The lowest BCUT2D eigenvalue weighted by molar-refractivity contribution is -0.137. The Balaban J connectivity index is 1.61. The van der Waals surface area contributed by atoms with Gasteiger partial charge in [-0.2, -0.15) is 13.2 Å². The maximum absolute atomic E-state index is 12.8. The lowest BCUT2D eigenvalue weighted by Gasteiger charge is -2.35. The zero-order valence-electron chi connectivity index (χ0n) is 12.5.